The number of nitrogens with one attached hydrogen (secondary N) is 1. The van der Waals surface area contributed by atoms with Crippen LogP contribution in [-0.4, -0.2) is 21.6 Å². The molecule has 0 atom stereocenters. The van der Waals surface area contributed by atoms with E-state index in [1.54, 1.807) is 19.2 Å². The van der Waals surface area contributed by atoms with Gasteiger partial charge in [-0.2, -0.15) is 0 Å². The zero-order valence-electron chi connectivity index (χ0n) is 14.7. The first-order valence-corrected chi connectivity index (χ1v) is 9.28. The number of hydrogen-bond acceptors (Lipinski definition) is 4. The van der Waals surface area contributed by atoms with Gasteiger partial charge < -0.3 is 15.2 Å². The number of nitrogens with zero attached hydrogens (tertiary/aromatic N) is 2. The van der Waals surface area contributed by atoms with Crippen molar-refractivity contribution in [3.05, 3.63) is 76.9 Å². The molecule has 0 amide bonds. The molecule has 0 unspecified atom stereocenters. The first-order valence-electron chi connectivity index (χ1n) is 8.48. The molecular weight excluding hydrogens is 406 g/mol. The molecule has 2 N–H and O–H groups in total. The van der Waals surface area contributed by atoms with Crippen molar-refractivity contribution in [1.29, 1.82) is 0 Å². The summed E-state index contributed by atoms with van der Waals surface area (Å²) < 4.78 is 8.14. The van der Waals surface area contributed by atoms with E-state index in [2.05, 4.69) is 21.2 Å². The monoisotopic (exact) mass is 423 g/mol. The van der Waals surface area contributed by atoms with Gasteiger partial charge >= 0.3 is 0 Å². The number of phenolic OH excluding ortho intramolecular Hbond substituents is 1. The van der Waals surface area contributed by atoms with Crippen LogP contribution in [0, 0.1) is 0 Å². The maximum absolute atomic E-state index is 10.3. The first kappa shape index (κ1) is 17.4. The number of methoxy groups -OCH3 is 1. The van der Waals surface area contributed by atoms with Gasteiger partial charge in [-0.1, -0.05) is 24.3 Å². The Kier molecular flexibility index (Phi) is 4.73. The fourth-order valence-electron chi connectivity index (χ4n) is 2.98. The highest BCUT2D eigenvalue weighted by Crippen LogP contribution is 2.35. The predicted molar refractivity (Wildman–Crippen MR) is 110 cm³/mol. The van der Waals surface area contributed by atoms with Crippen LogP contribution in [0.3, 0.4) is 0 Å². The van der Waals surface area contributed by atoms with Gasteiger partial charge in [-0.25, -0.2) is 4.98 Å². The van der Waals surface area contributed by atoms with E-state index in [-0.39, 0.29) is 5.75 Å². The van der Waals surface area contributed by atoms with E-state index >= 15 is 0 Å². The number of rotatable bonds is 5. The van der Waals surface area contributed by atoms with E-state index in [0.29, 0.717) is 17.8 Å². The number of fused-ring (bicyclic) bond motifs is 1. The minimum atomic E-state index is 0.201. The summed E-state index contributed by atoms with van der Waals surface area (Å²) >= 11 is 3.52. The van der Waals surface area contributed by atoms with Crippen molar-refractivity contribution in [3.8, 4) is 22.8 Å². The number of ether oxygens (including phenoxy) is 1. The molecule has 4 rings (SSSR count). The molecular formula is C21H18BrN3O2. The molecule has 0 aliphatic rings. The third-order valence-electron chi connectivity index (χ3n) is 4.36. The fourth-order valence-corrected chi connectivity index (χ4v) is 3.32. The second-order valence-electron chi connectivity index (χ2n) is 6.10. The molecule has 0 aliphatic heterocycles. The standard InChI is InChI=1S/C21H18BrN3O2/c1-27-16-9-6-14(7-10-16)12-23-21-20(17-4-2-3-5-18(17)26)24-19-11-8-15(22)13-25(19)21/h2-11,13,23,26H,12H2,1H3. The summed E-state index contributed by atoms with van der Waals surface area (Å²) in [6.45, 7) is 0.616. The molecule has 2 heterocycles. The van der Waals surface area contributed by atoms with Crippen LogP contribution in [0.25, 0.3) is 16.9 Å². The molecule has 0 radical (unpaired) electrons. The van der Waals surface area contributed by atoms with Crippen LogP contribution in [0.1, 0.15) is 5.56 Å². The molecule has 0 fully saturated rings. The Morgan fingerprint density at radius 1 is 1.07 bits per heavy atom. The number of aromatic nitrogens is 2. The van der Waals surface area contributed by atoms with Crippen molar-refractivity contribution in [2.24, 2.45) is 0 Å². The van der Waals surface area contributed by atoms with Crippen molar-refractivity contribution in [3.63, 3.8) is 0 Å². The molecule has 0 aliphatic carbocycles. The van der Waals surface area contributed by atoms with Gasteiger partial charge in [-0.05, 0) is 57.9 Å². The number of phenols is 1. The van der Waals surface area contributed by atoms with Crippen molar-refractivity contribution >= 4 is 27.4 Å². The fraction of sp³-hybridized carbons (Fsp3) is 0.0952. The van der Waals surface area contributed by atoms with Crippen LogP contribution in [0.2, 0.25) is 0 Å². The predicted octanol–water partition coefficient (Wildman–Crippen LogP) is 5.09. The zero-order chi connectivity index (χ0) is 18.8. The third kappa shape index (κ3) is 3.48. The Hall–Kier alpha value is -2.99. The Balaban J connectivity index is 1.76. The largest absolute Gasteiger partial charge is 0.507 e. The van der Waals surface area contributed by atoms with Crippen LogP contribution < -0.4 is 10.1 Å². The van der Waals surface area contributed by atoms with E-state index < -0.39 is 0 Å². The van der Waals surface area contributed by atoms with Gasteiger partial charge in [0.25, 0.3) is 0 Å². The lowest BCUT2D eigenvalue weighted by molar-refractivity contribution is 0.414. The maximum atomic E-state index is 10.3. The van der Waals surface area contributed by atoms with Crippen LogP contribution in [0.5, 0.6) is 11.5 Å². The van der Waals surface area contributed by atoms with Gasteiger partial charge in [0, 0.05) is 22.8 Å². The SMILES string of the molecule is COc1ccc(CNc2c(-c3ccccc3O)nc3ccc(Br)cn23)cc1. The summed E-state index contributed by atoms with van der Waals surface area (Å²) in [7, 11) is 1.65. The number of imidazole rings is 1. The Bertz CT molecular complexity index is 1090. The van der Waals surface area contributed by atoms with Crippen molar-refractivity contribution in [2.75, 3.05) is 12.4 Å². The summed E-state index contributed by atoms with van der Waals surface area (Å²) in [6, 6.07) is 19.0. The molecule has 0 saturated carbocycles. The zero-order valence-corrected chi connectivity index (χ0v) is 16.3. The van der Waals surface area contributed by atoms with Gasteiger partial charge in [0.15, 0.2) is 0 Å². The summed E-state index contributed by atoms with van der Waals surface area (Å²) in [5, 5.41) is 13.8. The Morgan fingerprint density at radius 3 is 2.59 bits per heavy atom. The molecule has 2 aromatic heterocycles. The van der Waals surface area contributed by atoms with Crippen molar-refractivity contribution < 1.29 is 9.84 Å². The highest BCUT2D eigenvalue weighted by Gasteiger charge is 2.16. The van der Waals surface area contributed by atoms with Crippen LogP contribution in [-0.2, 0) is 6.54 Å². The molecule has 136 valence electrons. The lowest BCUT2D eigenvalue weighted by Crippen LogP contribution is -2.03. The third-order valence-corrected chi connectivity index (χ3v) is 4.83. The first-order chi connectivity index (χ1) is 13.2. The number of pyridine rings is 1. The maximum Gasteiger partial charge on any atom is 0.139 e. The second kappa shape index (κ2) is 7.32. The van der Waals surface area contributed by atoms with Gasteiger partial charge in [0.2, 0.25) is 0 Å². The van der Waals surface area contributed by atoms with E-state index in [1.165, 1.54) is 0 Å². The summed E-state index contributed by atoms with van der Waals surface area (Å²) in [5.41, 5.74) is 3.31. The van der Waals surface area contributed by atoms with Crippen molar-refractivity contribution in [2.45, 2.75) is 6.54 Å². The second-order valence-corrected chi connectivity index (χ2v) is 7.02. The number of hydrogen-bond donors (Lipinski definition) is 2. The Morgan fingerprint density at radius 2 is 1.85 bits per heavy atom. The molecule has 0 spiro atoms. The smallest absolute Gasteiger partial charge is 0.139 e. The number of anilines is 1. The molecule has 5 nitrogen and oxygen atoms in total. The highest BCUT2D eigenvalue weighted by molar-refractivity contribution is 9.10. The summed E-state index contributed by atoms with van der Waals surface area (Å²) in [5.74, 6) is 1.85. The van der Waals surface area contributed by atoms with Crippen molar-refractivity contribution in [1.82, 2.24) is 9.38 Å². The highest BCUT2D eigenvalue weighted by atomic mass is 79.9. The lowest BCUT2D eigenvalue weighted by Gasteiger charge is -2.10. The molecule has 2 aromatic carbocycles. The minimum absolute atomic E-state index is 0.201. The van der Waals surface area contributed by atoms with Gasteiger partial charge in [-0.15, -0.1) is 0 Å². The minimum Gasteiger partial charge on any atom is -0.507 e. The van der Waals surface area contributed by atoms with E-state index in [0.717, 1.165) is 27.3 Å². The summed E-state index contributed by atoms with van der Waals surface area (Å²) in [4.78, 5) is 4.72. The lowest BCUT2D eigenvalue weighted by atomic mass is 10.1. The summed E-state index contributed by atoms with van der Waals surface area (Å²) in [6.07, 6.45) is 1.96. The molecule has 0 bridgehead atoms. The van der Waals surface area contributed by atoms with E-state index in [4.69, 9.17) is 9.72 Å². The van der Waals surface area contributed by atoms with Crippen LogP contribution in [0.4, 0.5) is 5.82 Å². The normalized spacial score (nSPS) is 10.9. The number of benzene rings is 2. The molecule has 6 heteroatoms. The average Bonchev–Trinajstić information content (AvgIpc) is 3.04. The number of halogens is 1. The molecule has 27 heavy (non-hydrogen) atoms. The topological polar surface area (TPSA) is 58.8 Å². The Labute approximate surface area is 165 Å². The quantitative estimate of drug-likeness (QED) is 0.469. The van der Waals surface area contributed by atoms with E-state index in [1.807, 2.05) is 59.1 Å². The van der Waals surface area contributed by atoms with Gasteiger partial charge in [-0.3, -0.25) is 4.40 Å². The molecule has 0 saturated heterocycles. The molecule has 4 aromatic rings. The van der Waals surface area contributed by atoms with Gasteiger partial charge in [0.1, 0.15) is 28.7 Å². The number of aromatic hydroxyl groups is 1. The number of para-hydroxylation sites is 1. The van der Waals surface area contributed by atoms with E-state index in [9.17, 15) is 5.11 Å². The van der Waals surface area contributed by atoms with Crippen LogP contribution in [0.15, 0.2) is 71.3 Å². The average molecular weight is 424 g/mol. The van der Waals surface area contributed by atoms with Crippen LogP contribution >= 0.6 is 15.9 Å². The van der Waals surface area contributed by atoms with Gasteiger partial charge in [0.05, 0.1) is 7.11 Å².